The van der Waals surface area contributed by atoms with Crippen LogP contribution in [0.4, 0.5) is 0 Å². The second kappa shape index (κ2) is 11.3. The lowest BCUT2D eigenvalue weighted by atomic mass is 10.1. The van der Waals surface area contributed by atoms with Crippen molar-refractivity contribution in [1.29, 1.82) is 0 Å². The molecule has 2 aromatic heterocycles. The number of nitrogens with two attached hydrogens (primary N) is 1. The van der Waals surface area contributed by atoms with Crippen LogP contribution in [-0.2, 0) is 11.3 Å². The molecule has 2 heterocycles. The van der Waals surface area contributed by atoms with Crippen LogP contribution >= 0.6 is 24.8 Å². The number of halogens is 2. The Morgan fingerprint density at radius 1 is 1.18 bits per heavy atom. The number of amides is 1. The molecular weight excluding hydrogens is 323 g/mol. The number of carbonyl (C=O) groups excluding carboxylic acids is 1. The fourth-order valence-corrected chi connectivity index (χ4v) is 2.13. The summed E-state index contributed by atoms with van der Waals surface area (Å²) in [5.41, 5.74) is 7.40. The molecule has 2 rings (SSSR count). The maximum atomic E-state index is 11.7. The maximum absolute atomic E-state index is 11.7. The van der Waals surface area contributed by atoms with Gasteiger partial charge in [0.15, 0.2) is 0 Å². The van der Waals surface area contributed by atoms with Gasteiger partial charge in [-0.3, -0.25) is 4.79 Å². The van der Waals surface area contributed by atoms with Crippen molar-refractivity contribution in [2.75, 3.05) is 6.54 Å². The monoisotopic (exact) mass is 346 g/mol. The fraction of sp³-hybridized carbons (Fsp3) is 0.467. The van der Waals surface area contributed by atoms with Gasteiger partial charge < -0.3 is 15.5 Å². The van der Waals surface area contributed by atoms with Gasteiger partial charge in [-0.2, -0.15) is 0 Å². The molecule has 7 heteroatoms. The van der Waals surface area contributed by atoms with E-state index in [-0.39, 0.29) is 30.7 Å². The highest BCUT2D eigenvalue weighted by molar-refractivity contribution is 5.85. The molecule has 22 heavy (non-hydrogen) atoms. The molecule has 0 aliphatic heterocycles. The van der Waals surface area contributed by atoms with E-state index < -0.39 is 0 Å². The molecule has 0 aliphatic carbocycles. The average Bonchev–Trinajstić information content (AvgIpc) is 2.92. The van der Waals surface area contributed by atoms with Gasteiger partial charge in [0.05, 0.1) is 0 Å². The summed E-state index contributed by atoms with van der Waals surface area (Å²) in [6.07, 6.45) is 10.4. The Hall–Kier alpha value is -1.30. The fourth-order valence-electron chi connectivity index (χ4n) is 2.13. The normalized spacial score (nSPS) is 9.86. The van der Waals surface area contributed by atoms with E-state index in [0.29, 0.717) is 13.0 Å². The Labute approximate surface area is 143 Å². The molecule has 0 aliphatic rings. The average molecular weight is 347 g/mol. The minimum atomic E-state index is 0. The van der Waals surface area contributed by atoms with Crippen LogP contribution < -0.4 is 11.1 Å². The van der Waals surface area contributed by atoms with Crippen LogP contribution in [0, 0.1) is 0 Å². The summed E-state index contributed by atoms with van der Waals surface area (Å²) in [7, 11) is 0. The summed E-state index contributed by atoms with van der Waals surface area (Å²) in [4.78, 5) is 15.9. The van der Waals surface area contributed by atoms with Gasteiger partial charge in [0.1, 0.15) is 5.65 Å². The molecule has 124 valence electrons. The van der Waals surface area contributed by atoms with Crippen molar-refractivity contribution >= 4 is 36.4 Å². The molecule has 2 aromatic rings. The number of fused-ring (bicyclic) bond motifs is 1. The third-order valence-electron chi connectivity index (χ3n) is 3.31. The molecule has 0 fully saturated rings. The number of imidazole rings is 1. The molecule has 0 spiro atoms. The Bertz CT molecular complexity index is 559. The quantitative estimate of drug-likeness (QED) is 0.721. The molecule has 3 N–H and O–H groups in total. The lowest BCUT2D eigenvalue weighted by molar-refractivity contribution is -0.121. The van der Waals surface area contributed by atoms with Crippen molar-refractivity contribution in [2.24, 2.45) is 5.73 Å². The van der Waals surface area contributed by atoms with Gasteiger partial charge in [-0.05, 0) is 37.1 Å². The van der Waals surface area contributed by atoms with Crippen LogP contribution in [0.1, 0.15) is 37.7 Å². The first kappa shape index (κ1) is 20.7. The number of hydrogen-bond acceptors (Lipinski definition) is 3. The van der Waals surface area contributed by atoms with Gasteiger partial charge in [-0.1, -0.05) is 12.8 Å². The highest BCUT2D eigenvalue weighted by Crippen LogP contribution is 2.06. The minimum absolute atomic E-state index is 0. The summed E-state index contributed by atoms with van der Waals surface area (Å²) in [6.45, 7) is 1.30. The van der Waals surface area contributed by atoms with Crippen LogP contribution in [0.3, 0.4) is 0 Å². The van der Waals surface area contributed by atoms with E-state index in [1.165, 1.54) is 0 Å². The van der Waals surface area contributed by atoms with Crippen molar-refractivity contribution in [3.05, 3.63) is 36.3 Å². The van der Waals surface area contributed by atoms with E-state index in [2.05, 4.69) is 10.3 Å². The van der Waals surface area contributed by atoms with Crippen molar-refractivity contribution in [1.82, 2.24) is 14.7 Å². The molecule has 0 saturated carbocycles. The summed E-state index contributed by atoms with van der Waals surface area (Å²) in [6, 6.07) is 3.98. The topological polar surface area (TPSA) is 72.4 Å². The van der Waals surface area contributed by atoms with E-state index in [4.69, 9.17) is 5.73 Å². The van der Waals surface area contributed by atoms with Crippen LogP contribution in [0.25, 0.3) is 5.65 Å². The second-order valence-corrected chi connectivity index (χ2v) is 4.96. The highest BCUT2D eigenvalue weighted by Gasteiger charge is 2.02. The van der Waals surface area contributed by atoms with Gasteiger partial charge in [0.25, 0.3) is 0 Å². The third kappa shape index (κ3) is 6.64. The lowest BCUT2D eigenvalue weighted by Crippen LogP contribution is -2.22. The number of carbonyl (C=O) groups is 1. The number of unbranched alkanes of at least 4 members (excludes halogenated alkanes) is 3. The molecule has 1 amide bonds. The molecular formula is C15H24Cl2N4O. The number of pyridine rings is 1. The van der Waals surface area contributed by atoms with Crippen molar-refractivity contribution in [3.63, 3.8) is 0 Å². The first-order chi connectivity index (χ1) is 9.79. The lowest BCUT2D eigenvalue weighted by Gasteiger charge is -2.06. The minimum Gasteiger partial charge on any atom is -0.352 e. The molecule has 0 bridgehead atoms. The highest BCUT2D eigenvalue weighted by atomic mass is 35.5. The Morgan fingerprint density at radius 2 is 1.95 bits per heavy atom. The van der Waals surface area contributed by atoms with Crippen LogP contribution in [-0.4, -0.2) is 21.8 Å². The van der Waals surface area contributed by atoms with E-state index in [1.807, 2.05) is 28.9 Å². The smallest absolute Gasteiger partial charge is 0.220 e. The number of rotatable bonds is 8. The molecule has 0 saturated heterocycles. The summed E-state index contributed by atoms with van der Waals surface area (Å²) in [5, 5.41) is 2.95. The number of nitrogens with zero attached hydrogens (tertiary/aromatic N) is 2. The van der Waals surface area contributed by atoms with Crippen molar-refractivity contribution < 1.29 is 4.79 Å². The first-order valence-electron chi connectivity index (χ1n) is 7.18. The second-order valence-electron chi connectivity index (χ2n) is 4.96. The molecule has 0 aromatic carbocycles. The number of hydrogen-bond donors (Lipinski definition) is 2. The van der Waals surface area contributed by atoms with Gasteiger partial charge in [-0.15, -0.1) is 24.8 Å². The van der Waals surface area contributed by atoms with Gasteiger partial charge >= 0.3 is 0 Å². The Kier molecular flexibility index (Phi) is 10.6. The van der Waals surface area contributed by atoms with Crippen LogP contribution in [0.15, 0.2) is 30.7 Å². The molecule has 0 unspecified atom stereocenters. The zero-order valence-electron chi connectivity index (χ0n) is 12.5. The third-order valence-corrected chi connectivity index (χ3v) is 3.31. The van der Waals surface area contributed by atoms with Crippen LogP contribution in [0.5, 0.6) is 0 Å². The van der Waals surface area contributed by atoms with E-state index in [9.17, 15) is 4.79 Å². The summed E-state index contributed by atoms with van der Waals surface area (Å²) >= 11 is 0. The Morgan fingerprint density at radius 3 is 2.73 bits per heavy atom. The van der Waals surface area contributed by atoms with Crippen molar-refractivity contribution in [2.45, 2.75) is 38.6 Å². The van der Waals surface area contributed by atoms with E-state index in [1.54, 1.807) is 6.20 Å². The summed E-state index contributed by atoms with van der Waals surface area (Å²) < 4.78 is 1.95. The standard InChI is InChI=1S/C15H22N4O.2ClH/c16-7-4-2-1-3-5-15(20)18-12-13-6-9-19-10-8-17-14(19)11-13;;/h6,8-11H,1-5,7,12,16H2,(H,18,20);2*1H. The maximum Gasteiger partial charge on any atom is 0.220 e. The zero-order valence-corrected chi connectivity index (χ0v) is 14.2. The van der Waals surface area contributed by atoms with Gasteiger partial charge in [-0.25, -0.2) is 4.98 Å². The van der Waals surface area contributed by atoms with E-state index >= 15 is 0 Å². The molecule has 5 nitrogen and oxygen atoms in total. The number of aromatic nitrogens is 2. The van der Waals surface area contributed by atoms with E-state index in [0.717, 1.165) is 43.4 Å². The largest absolute Gasteiger partial charge is 0.352 e. The van der Waals surface area contributed by atoms with Crippen molar-refractivity contribution in [3.8, 4) is 0 Å². The number of nitrogens with one attached hydrogen (secondary N) is 1. The predicted molar refractivity (Wildman–Crippen MR) is 93.7 cm³/mol. The molecule has 0 atom stereocenters. The van der Waals surface area contributed by atoms with Crippen LogP contribution in [0.2, 0.25) is 0 Å². The first-order valence-corrected chi connectivity index (χ1v) is 7.18. The summed E-state index contributed by atoms with van der Waals surface area (Å²) in [5.74, 6) is 0.112. The van der Waals surface area contributed by atoms with Gasteiger partial charge in [0, 0.05) is 31.6 Å². The zero-order chi connectivity index (χ0) is 14.2. The van der Waals surface area contributed by atoms with Gasteiger partial charge in [0.2, 0.25) is 5.91 Å². The Balaban J connectivity index is 0.00000220. The SMILES string of the molecule is Cl.Cl.NCCCCCCC(=O)NCc1ccn2ccnc2c1. The molecule has 0 radical (unpaired) electrons. The predicted octanol–water partition coefficient (Wildman–Crippen LogP) is 2.70.